The Morgan fingerprint density at radius 2 is 1.20 bits per heavy atom. The summed E-state index contributed by atoms with van der Waals surface area (Å²) in [4.78, 5) is 45.1. The molecule has 368 valence electrons. The molecule has 0 aliphatic carbocycles. The number of guanidine groups is 2. The third-order valence-electron chi connectivity index (χ3n) is 13.8. The second-order valence-corrected chi connectivity index (χ2v) is 20.6. The average molecular weight is 1030 g/mol. The number of ether oxygens (including phenoxy) is 4. The highest BCUT2D eigenvalue weighted by Crippen LogP contribution is 2.53. The number of likely N-dealkylation sites (N-methyl/N-ethyl adjacent to an activating group) is 2. The molecule has 0 radical (unpaired) electrons. The number of aliphatic imine (C=N–C) groups is 2. The summed E-state index contributed by atoms with van der Waals surface area (Å²) < 4.78 is 64.1. The summed E-state index contributed by atoms with van der Waals surface area (Å²) in [5, 5.41) is 0. The lowest BCUT2D eigenvalue weighted by Crippen LogP contribution is -2.55. The van der Waals surface area contributed by atoms with Crippen LogP contribution in [0, 0.1) is 30.2 Å². The summed E-state index contributed by atoms with van der Waals surface area (Å²) in [6.07, 6.45) is 4.06. The van der Waals surface area contributed by atoms with Gasteiger partial charge in [-0.15, -0.1) is 0 Å². The Bertz CT molecular complexity index is 2940. The number of benzene rings is 4. The molecule has 3 fully saturated rings. The molecule has 4 N–H and O–H groups in total. The number of hydrogen-bond acceptors (Lipinski definition) is 12. The largest absolute Gasteiger partial charge is 0.495 e. The Morgan fingerprint density at radius 1 is 0.690 bits per heavy atom. The van der Waals surface area contributed by atoms with E-state index < -0.39 is 41.0 Å². The molecule has 7 aliphatic heterocycles. The van der Waals surface area contributed by atoms with E-state index in [9.17, 15) is 18.4 Å². The van der Waals surface area contributed by atoms with Gasteiger partial charge in [0.15, 0.2) is 34.4 Å². The maximum absolute atomic E-state index is 14.6. The fraction of sp³-hybridized carbons (Fsp3) is 0.412. The summed E-state index contributed by atoms with van der Waals surface area (Å²) in [6.45, 7) is 21.4. The minimum Gasteiger partial charge on any atom is -0.484 e. The number of nitrogens with two attached hydrogens (primary N) is 2. The molecule has 4 atom stereocenters. The maximum Gasteiger partial charge on any atom is 0.495 e. The van der Waals surface area contributed by atoms with Gasteiger partial charge in [0.05, 0.1) is 26.4 Å². The monoisotopic (exact) mass is 1030 g/mol. The molecule has 7 heterocycles. The highest BCUT2D eigenvalue weighted by Gasteiger charge is 2.60. The van der Waals surface area contributed by atoms with Gasteiger partial charge in [-0.3, -0.25) is 19.4 Å². The van der Waals surface area contributed by atoms with Crippen molar-refractivity contribution in [3.8, 4) is 22.6 Å². The predicted octanol–water partition coefficient (Wildman–Crippen LogP) is 7.26. The molecule has 71 heavy (non-hydrogen) atoms. The Kier molecular flexibility index (Phi) is 13.2. The van der Waals surface area contributed by atoms with Crippen molar-refractivity contribution < 1.29 is 46.6 Å². The van der Waals surface area contributed by atoms with E-state index in [1.54, 1.807) is 32.3 Å². The number of amides is 2. The Balaban J connectivity index is 0.000000138. The molecule has 0 bridgehead atoms. The van der Waals surface area contributed by atoms with Crippen LogP contribution in [0.15, 0.2) is 87.3 Å². The minimum absolute atomic E-state index is 0.0512. The number of carbonyl (C=O) groups is 2. The summed E-state index contributed by atoms with van der Waals surface area (Å²) in [6, 6.07) is 19.3. The van der Waals surface area contributed by atoms with E-state index in [0.29, 0.717) is 85.3 Å². The number of rotatable bonds is 2. The van der Waals surface area contributed by atoms with Gasteiger partial charge in [0, 0.05) is 85.4 Å². The van der Waals surface area contributed by atoms with Crippen LogP contribution < -0.4 is 26.4 Å². The second-order valence-electron chi connectivity index (χ2n) is 19.7. The predicted molar refractivity (Wildman–Crippen MR) is 264 cm³/mol. The number of fused-ring (bicyclic) bond motifs is 4. The van der Waals surface area contributed by atoms with Crippen molar-refractivity contribution in [1.82, 2.24) is 9.80 Å². The van der Waals surface area contributed by atoms with Gasteiger partial charge in [-0.05, 0) is 79.8 Å². The van der Waals surface area contributed by atoms with Crippen molar-refractivity contribution in [1.29, 1.82) is 0 Å². The fourth-order valence-corrected chi connectivity index (χ4v) is 10.6. The van der Waals surface area contributed by atoms with Gasteiger partial charge in [0.2, 0.25) is 0 Å². The lowest BCUT2D eigenvalue weighted by molar-refractivity contribution is -0.139. The molecule has 4 spiro atoms. The number of halogens is 3. The first-order valence-electron chi connectivity index (χ1n) is 23.2. The van der Waals surface area contributed by atoms with E-state index in [-0.39, 0.29) is 34.7 Å². The van der Waals surface area contributed by atoms with E-state index in [4.69, 9.17) is 52.9 Å². The summed E-state index contributed by atoms with van der Waals surface area (Å²) >= 11 is 3.47. The van der Waals surface area contributed by atoms with E-state index in [0.717, 1.165) is 42.3 Å². The first-order chi connectivity index (χ1) is 33.8. The number of hydrogen-bond donors (Lipinski definition) is 2. The lowest BCUT2D eigenvalue weighted by atomic mass is 9.74. The number of carbonyl (C=O) groups excluding carboxylic acids is 2. The van der Waals surface area contributed by atoms with Crippen molar-refractivity contribution >= 4 is 63.6 Å². The zero-order valence-corrected chi connectivity index (χ0v) is 41.3. The highest BCUT2D eigenvalue weighted by atomic mass is 79.9. The Hall–Kier alpha value is -6.42. The molecule has 20 heteroatoms. The molecule has 3 saturated heterocycles. The smallest absolute Gasteiger partial charge is 0.484 e. The van der Waals surface area contributed by atoms with Crippen molar-refractivity contribution in [3.05, 3.63) is 123 Å². The van der Waals surface area contributed by atoms with Crippen LogP contribution in [0.1, 0.15) is 63.5 Å². The first kappa shape index (κ1) is 49.6. The molecule has 4 aromatic rings. The summed E-state index contributed by atoms with van der Waals surface area (Å²) in [7, 11) is 2.55. The quantitative estimate of drug-likeness (QED) is 0.153. The molecule has 0 aromatic heterocycles. The van der Waals surface area contributed by atoms with Crippen molar-refractivity contribution in [3.63, 3.8) is 0 Å². The second kappa shape index (κ2) is 19.0. The molecule has 11 rings (SSSR count). The highest BCUT2D eigenvalue weighted by molar-refractivity contribution is 9.10. The number of nitrogens with zero attached hydrogens (tertiary/aromatic N) is 6. The van der Waals surface area contributed by atoms with Crippen LogP contribution in [-0.2, 0) is 39.4 Å². The molecule has 4 unspecified atom stereocenters. The lowest BCUT2D eigenvalue weighted by Gasteiger charge is -2.46. The van der Waals surface area contributed by atoms with E-state index in [2.05, 4.69) is 35.6 Å². The van der Waals surface area contributed by atoms with Gasteiger partial charge < -0.3 is 39.7 Å². The van der Waals surface area contributed by atoms with Gasteiger partial charge in [0.1, 0.15) is 34.3 Å². The Morgan fingerprint density at radius 3 is 1.69 bits per heavy atom. The van der Waals surface area contributed by atoms with Crippen LogP contribution in [0.5, 0.6) is 11.5 Å². The van der Waals surface area contributed by atoms with Crippen LogP contribution in [0.2, 0.25) is 0 Å². The van der Waals surface area contributed by atoms with E-state index in [1.165, 1.54) is 46.2 Å². The van der Waals surface area contributed by atoms with Crippen molar-refractivity contribution in [2.75, 3.05) is 53.7 Å². The Labute approximate surface area is 419 Å². The topological polar surface area (TPSA) is 181 Å². The third kappa shape index (κ3) is 9.24. The minimum atomic E-state index is -1.25. The molecule has 0 saturated carbocycles. The molecular weight excluding hydrogens is 981 g/mol. The fourth-order valence-electron chi connectivity index (χ4n) is 10.2. The molecule has 7 aliphatic rings. The molecule has 4 aromatic carbocycles. The average Bonchev–Trinajstić information content (AvgIpc) is 3.70. The SMILES string of the molecule is CN1C(=O)C2(CC3(CCCOC3)Oc3ccc(Br)cc32)N=C1N.[C-]#[N+]c1ccc(F)c(-c2ccc3c(c2)C2(CC4(CCCOC4)O3)N=C(N)N(C)C2=O)c1.[C-]#[N+]c1ccc(F)c(B2OCC(C)(C)CO2)c1. The van der Waals surface area contributed by atoms with Gasteiger partial charge >= 0.3 is 7.12 Å². The van der Waals surface area contributed by atoms with Crippen LogP contribution in [0.3, 0.4) is 0 Å². The summed E-state index contributed by atoms with van der Waals surface area (Å²) in [5.74, 6) is 0.378. The van der Waals surface area contributed by atoms with Gasteiger partial charge in [-0.1, -0.05) is 54.0 Å². The molecular formula is C51H52BBrF2N8O8. The first-order valence-corrected chi connectivity index (χ1v) is 24.0. The third-order valence-corrected chi connectivity index (χ3v) is 14.3. The maximum atomic E-state index is 14.6. The summed E-state index contributed by atoms with van der Waals surface area (Å²) in [5.41, 5.74) is 11.6. The standard InChI is InChI=1S/C23H21FN4O3.C16H18BrN3O3.C12H13BFNO2/c1-26-15-5-6-18(24)16(11-15)14-4-7-19-17(10-14)23(20(29)28(2)21(25)27-23)12-22(31-19)8-3-9-30-13-22;1-20-13(21)16(19-14(20)18)8-15(5-2-6-22-9-15)23-12-4-3-10(17)7-11(12)16;1-12(2)7-16-13(17-8-12)10-6-9(15-3)4-5-11(10)14/h4-7,10-11H,3,8-9,12-13H2,2H3,(H2,25,27);3-4,7H,2,5-6,8-9H2,1H3,(H2,18,19);4-6H,7-8H2,1-2H3. The zero-order chi connectivity index (χ0) is 50.5. The van der Waals surface area contributed by atoms with Gasteiger partial charge in [-0.25, -0.2) is 28.5 Å². The van der Waals surface area contributed by atoms with Crippen LogP contribution in [0.25, 0.3) is 20.8 Å². The van der Waals surface area contributed by atoms with Crippen LogP contribution in [-0.4, -0.2) is 106 Å². The van der Waals surface area contributed by atoms with Crippen molar-refractivity contribution in [2.24, 2.45) is 26.9 Å². The van der Waals surface area contributed by atoms with Crippen LogP contribution >= 0.6 is 15.9 Å². The van der Waals surface area contributed by atoms with Gasteiger partial charge in [0.25, 0.3) is 11.8 Å². The van der Waals surface area contributed by atoms with Crippen LogP contribution in [0.4, 0.5) is 20.2 Å². The molecule has 2 amide bonds. The van der Waals surface area contributed by atoms with Gasteiger partial charge in [-0.2, -0.15) is 0 Å². The zero-order valence-electron chi connectivity index (χ0n) is 39.7. The van der Waals surface area contributed by atoms with Crippen molar-refractivity contribution in [2.45, 2.75) is 74.7 Å². The molecule has 16 nitrogen and oxygen atoms in total. The van der Waals surface area contributed by atoms with E-state index in [1.807, 2.05) is 32.0 Å². The normalized spacial score (nSPS) is 27.0. The van der Waals surface area contributed by atoms with E-state index >= 15 is 0 Å².